The summed E-state index contributed by atoms with van der Waals surface area (Å²) in [4.78, 5) is 39.6. The van der Waals surface area contributed by atoms with Gasteiger partial charge in [0.25, 0.3) is 5.91 Å². The van der Waals surface area contributed by atoms with Crippen molar-refractivity contribution in [1.82, 2.24) is 15.5 Å². The second kappa shape index (κ2) is 7.67. The molecule has 0 radical (unpaired) electrons. The molecule has 2 aliphatic rings. The number of rotatable bonds is 4. The van der Waals surface area contributed by atoms with Crippen LogP contribution < -0.4 is 15.4 Å². The van der Waals surface area contributed by atoms with Crippen molar-refractivity contribution in [3.8, 4) is 5.75 Å². The molecule has 0 spiro atoms. The summed E-state index contributed by atoms with van der Waals surface area (Å²) in [6, 6.07) is 20.2. The minimum absolute atomic E-state index is 0.222. The second-order valence-corrected chi connectivity index (χ2v) is 8.30. The lowest BCUT2D eigenvalue weighted by Crippen LogP contribution is -2.44. The maximum atomic E-state index is 13.2. The van der Waals surface area contributed by atoms with E-state index in [4.69, 9.17) is 4.74 Å². The number of ether oxygens (including phenoxy) is 1. The van der Waals surface area contributed by atoms with E-state index in [-0.39, 0.29) is 12.6 Å². The Morgan fingerprint density at radius 1 is 1.09 bits per heavy atom. The van der Waals surface area contributed by atoms with Crippen LogP contribution >= 0.6 is 0 Å². The van der Waals surface area contributed by atoms with Gasteiger partial charge in [-0.15, -0.1) is 0 Å². The number of carbonyl (C=O) groups is 3. The van der Waals surface area contributed by atoms with Gasteiger partial charge in [-0.05, 0) is 35.4 Å². The molecule has 7 heteroatoms. The summed E-state index contributed by atoms with van der Waals surface area (Å²) in [6.45, 7) is 1.82. The Balaban J connectivity index is 1.33. The van der Waals surface area contributed by atoms with E-state index in [1.807, 2.05) is 66.7 Å². The molecular weight excluding hydrogens is 406 g/mol. The minimum Gasteiger partial charge on any atom is -0.493 e. The third-order valence-electron chi connectivity index (χ3n) is 6.20. The Hall–Kier alpha value is -3.87. The highest BCUT2D eigenvalue weighted by Crippen LogP contribution is 2.33. The molecule has 0 saturated carbocycles. The molecule has 1 saturated heterocycles. The third kappa shape index (κ3) is 3.36. The summed E-state index contributed by atoms with van der Waals surface area (Å²) in [5.41, 5.74) is 0.341. The first-order valence-corrected chi connectivity index (χ1v) is 10.6. The zero-order valence-corrected chi connectivity index (χ0v) is 17.6. The SMILES string of the molecule is C[C@]1(c2ccc3ccccc3c2)NC(=O)N(CC(=O)N[C@H]2CCOc3ccccc32)C1=O. The fraction of sp³-hybridized carbons (Fsp3) is 0.240. The average molecular weight is 429 g/mol. The van der Waals surface area contributed by atoms with Crippen LogP contribution in [0.15, 0.2) is 66.7 Å². The number of imide groups is 1. The van der Waals surface area contributed by atoms with Gasteiger partial charge in [-0.3, -0.25) is 14.5 Å². The average Bonchev–Trinajstić information content (AvgIpc) is 3.03. The molecule has 0 aliphatic carbocycles. The van der Waals surface area contributed by atoms with Gasteiger partial charge in [0, 0.05) is 12.0 Å². The van der Waals surface area contributed by atoms with E-state index < -0.39 is 23.4 Å². The quantitative estimate of drug-likeness (QED) is 0.624. The van der Waals surface area contributed by atoms with Crippen molar-refractivity contribution >= 4 is 28.6 Å². The molecule has 32 heavy (non-hydrogen) atoms. The number of nitrogens with zero attached hydrogens (tertiary/aromatic N) is 1. The maximum absolute atomic E-state index is 13.2. The first-order chi connectivity index (χ1) is 15.5. The Morgan fingerprint density at radius 3 is 2.69 bits per heavy atom. The molecule has 0 aromatic heterocycles. The van der Waals surface area contributed by atoms with Gasteiger partial charge in [0.15, 0.2) is 0 Å². The van der Waals surface area contributed by atoms with Gasteiger partial charge >= 0.3 is 6.03 Å². The van der Waals surface area contributed by atoms with E-state index in [1.165, 1.54) is 0 Å². The number of para-hydroxylation sites is 1. The molecule has 0 unspecified atom stereocenters. The topological polar surface area (TPSA) is 87.7 Å². The van der Waals surface area contributed by atoms with Crippen LogP contribution in [0.4, 0.5) is 4.79 Å². The Bertz CT molecular complexity index is 1240. The molecule has 5 rings (SSSR count). The number of urea groups is 1. The predicted molar refractivity (Wildman–Crippen MR) is 119 cm³/mol. The molecular formula is C25H23N3O4. The van der Waals surface area contributed by atoms with Crippen LogP contribution in [-0.2, 0) is 15.1 Å². The smallest absolute Gasteiger partial charge is 0.325 e. The monoisotopic (exact) mass is 429 g/mol. The molecule has 3 aromatic carbocycles. The van der Waals surface area contributed by atoms with E-state index >= 15 is 0 Å². The van der Waals surface area contributed by atoms with Gasteiger partial charge in [0.05, 0.1) is 12.6 Å². The van der Waals surface area contributed by atoms with Crippen LogP contribution in [0.1, 0.15) is 30.5 Å². The van der Waals surface area contributed by atoms with Crippen molar-refractivity contribution < 1.29 is 19.1 Å². The van der Waals surface area contributed by atoms with E-state index in [2.05, 4.69) is 10.6 Å². The molecule has 2 heterocycles. The highest BCUT2D eigenvalue weighted by atomic mass is 16.5. The number of carbonyl (C=O) groups excluding carboxylic acids is 3. The molecule has 2 N–H and O–H groups in total. The molecule has 0 bridgehead atoms. The molecule has 3 aromatic rings. The second-order valence-electron chi connectivity index (χ2n) is 8.30. The molecule has 1 fully saturated rings. The van der Waals surface area contributed by atoms with Gasteiger partial charge in [-0.25, -0.2) is 4.79 Å². The van der Waals surface area contributed by atoms with Gasteiger partial charge in [0.2, 0.25) is 5.91 Å². The Labute approximate surface area is 185 Å². The summed E-state index contributed by atoms with van der Waals surface area (Å²) in [5, 5.41) is 7.74. The maximum Gasteiger partial charge on any atom is 0.325 e. The van der Waals surface area contributed by atoms with E-state index in [1.54, 1.807) is 6.92 Å². The molecule has 2 aliphatic heterocycles. The van der Waals surface area contributed by atoms with Crippen molar-refractivity contribution in [3.05, 3.63) is 77.9 Å². The largest absolute Gasteiger partial charge is 0.493 e. The summed E-state index contributed by atoms with van der Waals surface area (Å²) < 4.78 is 5.63. The summed E-state index contributed by atoms with van der Waals surface area (Å²) in [5.74, 6) is -0.0961. The van der Waals surface area contributed by atoms with Crippen LogP contribution in [0.25, 0.3) is 10.8 Å². The van der Waals surface area contributed by atoms with E-state index in [9.17, 15) is 14.4 Å². The van der Waals surface area contributed by atoms with Crippen molar-refractivity contribution in [3.63, 3.8) is 0 Å². The summed E-state index contributed by atoms with van der Waals surface area (Å²) in [6.07, 6.45) is 0.623. The molecule has 4 amide bonds. The predicted octanol–water partition coefficient (Wildman–Crippen LogP) is 3.25. The third-order valence-corrected chi connectivity index (χ3v) is 6.20. The fourth-order valence-electron chi connectivity index (χ4n) is 4.41. The Morgan fingerprint density at radius 2 is 1.84 bits per heavy atom. The molecule has 162 valence electrons. The van der Waals surface area contributed by atoms with Crippen LogP contribution in [0.2, 0.25) is 0 Å². The summed E-state index contributed by atoms with van der Waals surface area (Å²) in [7, 11) is 0. The fourth-order valence-corrected chi connectivity index (χ4v) is 4.41. The van der Waals surface area contributed by atoms with Crippen molar-refractivity contribution in [2.75, 3.05) is 13.2 Å². The van der Waals surface area contributed by atoms with Crippen LogP contribution in [-0.4, -0.2) is 35.9 Å². The number of amides is 4. The zero-order chi connectivity index (χ0) is 22.3. The summed E-state index contributed by atoms with van der Waals surface area (Å²) >= 11 is 0. The number of benzene rings is 3. The van der Waals surface area contributed by atoms with Crippen molar-refractivity contribution in [2.24, 2.45) is 0 Å². The van der Waals surface area contributed by atoms with Crippen molar-refractivity contribution in [1.29, 1.82) is 0 Å². The zero-order valence-electron chi connectivity index (χ0n) is 17.6. The number of hydrogen-bond donors (Lipinski definition) is 2. The van der Waals surface area contributed by atoms with Gasteiger partial charge in [-0.1, -0.05) is 54.6 Å². The normalized spacial score (nSPS) is 22.3. The molecule has 7 nitrogen and oxygen atoms in total. The highest BCUT2D eigenvalue weighted by Gasteiger charge is 2.49. The standard InChI is InChI=1S/C25H23N3O4/c1-25(18-11-10-16-6-2-3-7-17(16)14-18)23(30)28(24(31)27-25)15-22(29)26-20-12-13-32-21-9-5-4-8-19(20)21/h2-11,14,20H,12-13,15H2,1H3,(H,26,29)(H,27,31)/t20-,25+/m0/s1. The number of hydrogen-bond acceptors (Lipinski definition) is 4. The minimum atomic E-state index is -1.23. The lowest BCUT2D eigenvalue weighted by atomic mass is 9.90. The van der Waals surface area contributed by atoms with Crippen LogP contribution in [0.5, 0.6) is 5.75 Å². The lowest BCUT2D eigenvalue weighted by molar-refractivity contribution is -0.135. The van der Waals surface area contributed by atoms with E-state index in [0.29, 0.717) is 18.6 Å². The molecule has 2 atom stereocenters. The Kier molecular flexibility index (Phi) is 4.81. The number of fused-ring (bicyclic) bond motifs is 2. The van der Waals surface area contributed by atoms with Crippen LogP contribution in [0, 0.1) is 0 Å². The highest BCUT2D eigenvalue weighted by molar-refractivity contribution is 6.09. The van der Waals surface area contributed by atoms with Crippen LogP contribution in [0.3, 0.4) is 0 Å². The van der Waals surface area contributed by atoms with Crippen molar-refractivity contribution in [2.45, 2.75) is 24.9 Å². The number of nitrogens with one attached hydrogen (secondary N) is 2. The van der Waals surface area contributed by atoms with Gasteiger partial charge in [0.1, 0.15) is 17.8 Å². The van der Waals surface area contributed by atoms with Gasteiger partial charge < -0.3 is 15.4 Å². The first kappa shape index (κ1) is 20.1. The van der Waals surface area contributed by atoms with Gasteiger partial charge in [-0.2, -0.15) is 0 Å². The van der Waals surface area contributed by atoms with E-state index in [0.717, 1.165) is 27.0 Å². The first-order valence-electron chi connectivity index (χ1n) is 10.6. The lowest BCUT2D eigenvalue weighted by Gasteiger charge is -2.27.